The summed E-state index contributed by atoms with van der Waals surface area (Å²) in [6.45, 7) is 2.83. The van der Waals surface area contributed by atoms with Crippen molar-refractivity contribution in [1.82, 2.24) is 19.7 Å². The van der Waals surface area contributed by atoms with Crippen LogP contribution >= 0.6 is 0 Å². The highest BCUT2D eigenvalue weighted by atomic mass is 16.5. The van der Waals surface area contributed by atoms with Gasteiger partial charge in [0.2, 0.25) is 0 Å². The molecule has 106 valence electrons. The lowest BCUT2D eigenvalue weighted by atomic mass is 10.0. The van der Waals surface area contributed by atoms with Gasteiger partial charge in [0, 0.05) is 38.5 Å². The molecule has 1 saturated heterocycles. The molecular weight excluding hydrogens is 254 g/mol. The van der Waals surface area contributed by atoms with Crippen molar-refractivity contribution in [2.45, 2.75) is 25.4 Å². The molecule has 1 aliphatic rings. The Bertz CT molecular complexity index is 616. The number of anilines is 1. The molecule has 2 aromatic rings. The average Bonchev–Trinajstić information content (AvgIpc) is 3.08. The normalized spacial score (nSPS) is 22.1. The Balaban J connectivity index is 2.07. The van der Waals surface area contributed by atoms with Crippen molar-refractivity contribution >= 4 is 5.82 Å². The molecule has 3 heterocycles. The third-order valence-electron chi connectivity index (χ3n) is 3.67. The van der Waals surface area contributed by atoms with E-state index in [0.29, 0.717) is 0 Å². The third-order valence-corrected chi connectivity index (χ3v) is 3.67. The Morgan fingerprint density at radius 2 is 2.25 bits per heavy atom. The van der Waals surface area contributed by atoms with Crippen LogP contribution in [0.25, 0.3) is 11.3 Å². The molecule has 0 amide bonds. The molecule has 6 heteroatoms. The molecule has 0 spiro atoms. The summed E-state index contributed by atoms with van der Waals surface area (Å²) < 4.78 is 7.62. The summed E-state index contributed by atoms with van der Waals surface area (Å²) in [5, 5.41) is 7.29. The summed E-state index contributed by atoms with van der Waals surface area (Å²) in [5.74, 6) is 1.53. The Hall–Kier alpha value is -1.95. The van der Waals surface area contributed by atoms with Gasteiger partial charge in [-0.2, -0.15) is 5.10 Å². The van der Waals surface area contributed by atoms with Gasteiger partial charge in [-0.3, -0.25) is 4.68 Å². The molecule has 0 bridgehead atoms. The molecule has 6 nitrogen and oxygen atoms in total. The van der Waals surface area contributed by atoms with Crippen molar-refractivity contribution in [1.29, 1.82) is 0 Å². The van der Waals surface area contributed by atoms with Crippen LogP contribution in [0.5, 0.6) is 0 Å². The maximum Gasteiger partial charge on any atom is 0.162 e. The number of hydrogen-bond donors (Lipinski definition) is 1. The summed E-state index contributed by atoms with van der Waals surface area (Å²) in [5.41, 5.74) is 1.46. The maximum atomic E-state index is 5.85. The first-order chi connectivity index (χ1) is 9.60. The fourth-order valence-corrected chi connectivity index (χ4v) is 2.47. The molecule has 1 aliphatic heterocycles. The third kappa shape index (κ3) is 2.27. The first-order valence-corrected chi connectivity index (χ1v) is 6.81. The molecule has 1 N–H and O–H groups in total. The van der Waals surface area contributed by atoms with E-state index in [-0.39, 0.29) is 5.60 Å². The SMILES string of the molecule is CNc1cc(-c2cnn(C)c2)nc(C2(C)CCCO2)n1. The quantitative estimate of drug-likeness (QED) is 0.926. The molecule has 0 aliphatic carbocycles. The zero-order valence-corrected chi connectivity index (χ0v) is 12.1. The van der Waals surface area contributed by atoms with Crippen LogP contribution in [-0.2, 0) is 17.4 Å². The van der Waals surface area contributed by atoms with Gasteiger partial charge >= 0.3 is 0 Å². The van der Waals surface area contributed by atoms with Crippen molar-refractivity contribution in [3.63, 3.8) is 0 Å². The second-order valence-corrected chi connectivity index (χ2v) is 5.30. The van der Waals surface area contributed by atoms with Crippen molar-refractivity contribution in [3.05, 3.63) is 24.3 Å². The van der Waals surface area contributed by atoms with Gasteiger partial charge in [0.25, 0.3) is 0 Å². The van der Waals surface area contributed by atoms with E-state index in [0.717, 1.165) is 42.3 Å². The lowest BCUT2D eigenvalue weighted by Gasteiger charge is -2.22. The number of ether oxygens (including phenoxy) is 1. The van der Waals surface area contributed by atoms with E-state index >= 15 is 0 Å². The number of nitrogens with one attached hydrogen (secondary N) is 1. The van der Waals surface area contributed by atoms with E-state index in [1.165, 1.54) is 0 Å². The van der Waals surface area contributed by atoms with Crippen LogP contribution in [0, 0.1) is 0 Å². The van der Waals surface area contributed by atoms with Crippen LogP contribution in [0.2, 0.25) is 0 Å². The van der Waals surface area contributed by atoms with Gasteiger partial charge in [-0.1, -0.05) is 0 Å². The Labute approximate surface area is 118 Å². The standard InChI is InChI=1S/C14H19N5O/c1-14(5-4-6-20-14)13-17-11(7-12(15-2)18-13)10-8-16-19(3)9-10/h7-9H,4-6H2,1-3H3,(H,15,17,18). The van der Waals surface area contributed by atoms with Crippen molar-refractivity contribution in [3.8, 4) is 11.3 Å². The average molecular weight is 273 g/mol. The Morgan fingerprint density at radius 3 is 2.85 bits per heavy atom. The molecule has 0 radical (unpaired) electrons. The van der Waals surface area contributed by atoms with Gasteiger partial charge in [0.15, 0.2) is 5.82 Å². The molecule has 2 aromatic heterocycles. The minimum absolute atomic E-state index is 0.385. The minimum atomic E-state index is -0.385. The van der Waals surface area contributed by atoms with Crippen LogP contribution in [0.15, 0.2) is 18.5 Å². The molecule has 0 saturated carbocycles. The molecule has 0 aromatic carbocycles. The zero-order chi connectivity index (χ0) is 14.2. The van der Waals surface area contributed by atoms with Crippen molar-refractivity contribution in [2.24, 2.45) is 7.05 Å². The van der Waals surface area contributed by atoms with Crippen LogP contribution in [0.4, 0.5) is 5.82 Å². The van der Waals surface area contributed by atoms with Crippen LogP contribution in [0.3, 0.4) is 0 Å². The lowest BCUT2D eigenvalue weighted by molar-refractivity contribution is 0.00954. The van der Waals surface area contributed by atoms with Gasteiger partial charge in [-0.15, -0.1) is 0 Å². The first-order valence-electron chi connectivity index (χ1n) is 6.81. The van der Waals surface area contributed by atoms with E-state index in [4.69, 9.17) is 4.74 Å². The van der Waals surface area contributed by atoms with Gasteiger partial charge in [0.05, 0.1) is 11.9 Å². The monoisotopic (exact) mass is 273 g/mol. The minimum Gasteiger partial charge on any atom is -0.373 e. The van der Waals surface area contributed by atoms with Crippen LogP contribution in [-0.4, -0.2) is 33.4 Å². The molecule has 3 rings (SSSR count). The molecule has 1 fully saturated rings. The van der Waals surface area contributed by atoms with Crippen molar-refractivity contribution < 1.29 is 4.74 Å². The second kappa shape index (κ2) is 4.86. The highest BCUT2D eigenvalue weighted by molar-refractivity contribution is 5.61. The number of aromatic nitrogens is 4. The smallest absolute Gasteiger partial charge is 0.162 e. The summed E-state index contributed by atoms with van der Waals surface area (Å²) in [6, 6.07) is 1.93. The van der Waals surface area contributed by atoms with E-state index in [2.05, 4.69) is 27.3 Å². The highest BCUT2D eigenvalue weighted by Gasteiger charge is 2.35. The number of rotatable bonds is 3. The Morgan fingerprint density at radius 1 is 1.40 bits per heavy atom. The van der Waals surface area contributed by atoms with E-state index in [9.17, 15) is 0 Å². The topological polar surface area (TPSA) is 64.9 Å². The summed E-state index contributed by atoms with van der Waals surface area (Å²) in [7, 11) is 3.75. The molecule has 1 unspecified atom stereocenters. The summed E-state index contributed by atoms with van der Waals surface area (Å²) in [6.07, 6.45) is 5.76. The lowest BCUT2D eigenvalue weighted by Crippen LogP contribution is -2.24. The van der Waals surface area contributed by atoms with Gasteiger partial charge in [-0.25, -0.2) is 9.97 Å². The van der Waals surface area contributed by atoms with Crippen LogP contribution in [0.1, 0.15) is 25.6 Å². The predicted molar refractivity (Wildman–Crippen MR) is 76.3 cm³/mol. The zero-order valence-electron chi connectivity index (χ0n) is 12.1. The second-order valence-electron chi connectivity index (χ2n) is 5.30. The van der Waals surface area contributed by atoms with Crippen molar-refractivity contribution in [2.75, 3.05) is 19.0 Å². The van der Waals surface area contributed by atoms with E-state index < -0.39 is 0 Å². The molecule has 20 heavy (non-hydrogen) atoms. The van der Waals surface area contributed by atoms with E-state index in [1.807, 2.05) is 32.6 Å². The fraction of sp³-hybridized carbons (Fsp3) is 0.500. The molecular formula is C14H19N5O. The summed E-state index contributed by atoms with van der Waals surface area (Å²) in [4.78, 5) is 9.25. The van der Waals surface area contributed by atoms with E-state index in [1.54, 1.807) is 4.68 Å². The summed E-state index contributed by atoms with van der Waals surface area (Å²) >= 11 is 0. The maximum absolute atomic E-state index is 5.85. The Kier molecular flexibility index (Phi) is 3.17. The van der Waals surface area contributed by atoms with Gasteiger partial charge < -0.3 is 10.1 Å². The highest BCUT2D eigenvalue weighted by Crippen LogP contribution is 2.35. The largest absolute Gasteiger partial charge is 0.373 e. The molecule has 1 atom stereocenters. The predicted octanol–water partition coefficient (Wildman–Crippen LogP) is 1.94. The number of hydrogen-bond acceptors (Lipinski definition) is 5. The van der Waals surface area contributed by atoms with Crippen LogP contribution < -0.4 is 5.32 Å². The first kappa shape index (κ1) is 13.1. The van der Waals surface area contributed by atoms with Gasteiger partial charge in [-0.05, 0) is 19.8 Å². The van der Waals surface area contributed by atoms with Gasteiger partial charge in [0.1, 0.15) is 11.4 Å². The fourth-order valence-electron chi connectivity index (χ4n) is 2.47. The number of aryl methyl sites for hydroxylation is 1. The number of nitrogens with zero attached hydrogens (tertiary/aromatic N) is 4.